The molecule has 0 saturated carbocycles. The zero-order chi connectivity index (χ0) is 37.4. The molecule has 5 rings (SSSR count). The van der Waals surface area contributed by atoms with E-state index in [4.69, 9.17) is 19.7 Å². The molecular formula is C36H26F4N4O8. The molecule has 0 unspecified atom stereocenters. The van der Waals surface area contributed by atoms with Crippen LogP contribution in [0.4, 0.5) is 38.5 Å². The van der Waals surface area contributed by atoms with Crippen LogP contribution in [0.15, 0.2) is 97.1 Å². The Morgan fingerprint density at radius 2 is 0.788 bits per heavy atom. The Labute approximate surface area is 291 Å². The Kier molecular flexibility index (Phi) is 11.2. The Morgan fingerprint density at radius 1 is 0.481 bits per heavy atom. The van der Waals surface area contributed by atoms with E-state index in [-0.39, 0.29) is 47.1 Å². The third-order valence-corrected chi connectivity index (χ3v) is 7.15. The second kappa shape index (κ2) is 16.1. The summed E-state index contributed by atoms with van der Waals surface area (Å²) in [6.45, 7) is 0.168. The fourth-order valence-corrected chi connectivity index (χ4v) is 4.46. The first kappa shape index (κ1) is 36.2. The number of amides is 4. The van der Waals surface area contributed by atoms with Gasteiger partial charge in [0.1, 0.15) is 11.5 Å². The molecule has 4 amide bonds. The van der Waals surface area contributed by atoms with Gasteiger partial charge in [-0.2, -0.15) is 17.6 Å². The highest BCUT2D eigenvalue weighted by Crippen LogP contribution is 2.39. The van der Waals surface area contributed by atoms with Crippen LogP contribution in [-0.4, -0.2) is 34.2 Å². The van der Waals surface area contributed by atoms with Crippen molar-refractivity contribution in [3.8, 4) is 23.0 Å². The first-order valence-corrected chi connectivity index (χ1v) is 15.0. The van der Waals surface area contributed by atoms with Gasteiger partial charge in [0.2, 0.25) is 34.8 Å². The summed E-state index contributed by atoms with van der Waals surface area (Å²) in [5.74, 6) is -12.9. The number of anilines is 2. The minimum absolute atomic E-state index is 0.0839. The standard InChI is InChI=1S/C36H26F4N4O8/c37-27-29(39)32(52-26-15-11-24(12-16-26)44-36(50)42-18-20-3-7-22(8-4-20)34(47)48)30(40)28(38)31(27)51-25-13-9-23(10-14-25)43-35(49)41-17-19-1-5-21(6-2-19)33(45)46/h1-16H,17-18H2,(H,45,46)(H,47,48)(H2,41,43,49)(H2,42,44,50). The molecule has 5 aromatic rings. The Bertz CT molecular complexity index is 1930. The summed E-state index contributed by atoms with van der Waals surface area (Å²) in [4.78, 5) is 46.4. The predicted octanol–water partition coefficient (Wildman–Crippen LogP) is 7.87. The van der Waals surface area contributed by atoms with Crippen LogP contribution < -0.4 is 30.7 Å². The number of carbonyl (C=O) groups excluding carboxylic acids is 2. The molecule has 0 saturated heterocycles. The first-order valence-electron chi connectivity index (χ1n) is 15.0. The Hall–Kier alpha value is -7.10. The molecule has 0 spiro atoms. The molecule has 0 radical (unpaired) electrons. The fourth-order valence-electron chi connectivity index (χ4n) is 4.46. The molecule has 0 bridgehead atoms. The predicted molar refractivity (Wildman–Crippen MR) is 178 cm³/mol. The van der Waals surface area contributed by atoms with Crippen molar-refractivity contribution in [3.05, 3.63) is 143 Å². The third-order valence-electron chi connectivity index (χ3n) is 7.15. The molecule has 5 aromatic carbocycles. The van der Waals surface area contributed by atoms with Crippen LogP contribution in [0.2, 0.25) is 0 Å². The van der Waals surface area contributed by atoms with Gasteiger partial charge < -0.3 is 41.0 Å². The summed E-state index contributed by atoms with van der Waals surface area (Å²) in [6.07, 6.45) is 0. The normalized spacial score (nSPS) is 10.5. The number of hydrogen-bond acceptors (Lipinski definition) is 6. The van der Waals surface area contributed by atoms with Gasteiger partial charge in [0.25, 0.3) is 0 Å². The molecule has 0 aromatic heterocycles. The van der Waals surface area contributed by atoms with Gasteiger partial charge >= 0.3 is 24.0 Å². The van der Waals surface area contributed by atoms with Gasteiger partial charge in [0.05, 0.1) is 11.1 Å². The molecule has 0 fully saturated rings. The molecular weight excluding hydrogens is 692 g/mol. The maximum Gasteiger partial charge on any atom is 0.335 e. The molecule has 6 N–H and O–H groups in total. The zero-order valence-electron chi connectivity index (χ0n) is 26.5. The highest BCUT2D eigenvalue weighted by Gasteiger charge is 2.29. The number of aromatic carboxylic acids is 2. The van der Waals surface area contributed by atoms with Crippen molar-refractivity contribution in [1.82, 2.24) is 10.6 Å². The maximum atomic E-state index is 14.9. The van der Waals surface area contributed by atoms with E-state index in [9.17, 15) is 36.7 Å². The fraction of sp³-hybridized carbons (Fsp3) is 0.0556. The van der Waals surface area contributed by atoms with Crippen molar-refractivity contribution in [2.45, 2.75) is 13.1 Å². The molecule has 0 aliphatic rings. The van der Waals surface area contributed by atoms with Crippen LogP contribution in [0.5, 0.6) is 23.0 Å². The second-order valence-electron chi connectivity index (χ2n) is 10.8. The highest BCUT2D eigenvalue weighted by atomic mass is 19.2. The summed E-state index contributed by atoms with van der Waals surface area (Å²) in [7, 11) is 0. The maximum absolute atomic E-state index is 14.9. The number of carboxylic acid groups (broad SMARTS) is 2. The van der Waals surface area contributed by atoms with Crippen LogP contribution in [0.3, 0.4) is 0 Å². The van der Waals surface area contributed by atoms with E-state index in [1.807, 2.05) is 0 Å². The van der Waals surface area contributed by atoms with E-state index in [2.05, 4.69) is 21.3 Å². The highest BCUT2D eigenvalue weighted by molar-refractivity contribution is 5.90. The quantitative estimate of drug-likeness (QED) is 0.0558. The monoisotopic (exact) mass is 718 g/mol. The Morgan fingerprint density at radius 3 is 1.08 bits per heavy atom. The number of carbonyl (C=O) groups is 4. The van der Waals surface area contributed by atoms with Crippen LogP contribution in [-0.2, 0) is 13.1 Å². The van der Waals surface area contributed by atoms with Crippen molar-refractivity contribution in [2.24, 2.45) is 0 Å². The van der Waals surface area contributed by atoms with Crippen LogP contribution in [0.1, 0.15) is 31.8 Å². The lowest BCUT2D eigenvalue weighted by molar-refractivity contribution is 0.0686. The van der Waals surface area contributed by atoms with E-state index < -0.39 is 58.8 Å². The number of nitrogens with one attached hydrogen (secondary N) is 4. The van der Waals surface area contributed by atoms with Crippen molar-refractivity contribution in [1.29, 1.82) is 0 Å². The summed E-state index contributed by atoms with van der Waals surface area (Å²) in [5.41, 5.74) is 1.93. The molecule has 0 heterocycles. The SMILES string of the molecule is O=C(NCc1ccc(C(=O)O)cc1)Nc1ccc(Oc2c(F)c(F)c(Oc3ccc(NC(=O)NCc4ccc(C(=O)O)cc4)cc3)c(F)c2F)cc1. The van der Waals surface area contributed by atoms with Gasteiger partial charge in [0.15, 0.2) is 0 Å². The number of rotatable bonds is 12. The largest absolute Gasteiger partial charge is 0.478 e. The number of hydrogen-bond donors (Lipinski definition) is 6. The van der Waals surface area contributed by atoms with Crippen LogP contribution >= 0.6 is 0 Å². The molecule has 0 aliphatic carbocycles. The van der Waals surface area contributed by atoms with Crippen LogP contribution in [0, 0.1) is 23.3 Å². The van der Waals surface area contributed by atoms with Gasteiger partial charge in [-0.1, -0.05) is 24.3 Å². The molecule has 0 aliphatic heterocycles. The minimum atomic E-state index is -1.88. The summed E-state index contributed by atoms with van der Waals surface area (Å²) in [5, 5.41) is 28.1. The van der Waals surface area contributed by atoms with E-state index in [1.165, 1.54) is 97.1 Å². The molecule has 12 nitrogen and oxygen atoms in total. The van der Waals surface area contributed by atoms with Crippen LogP contribution in [0.25, 0.3) is 0 Å². The summed E-state index contributed by atoms with van der Waals surface area (Å²) < 4.78 is 69.9. The number of ether oxygens (including phenoxy) is 2. The van der Waals surface area contributed by atoms with Crippen molar-refractivity contribution in [2.75, 3.05) is 10.6 Å². The van der Waals surface area contributed by atoms with E-state index in [1.54, 1.807) is 0 Å². The number of carboxylic acids is 2. The van der Waals surface area contributed by atoms with Crippen molar-refractivity contribution < 1.29 is 56.4 Å². The lowest BCUT2D eigenvalue weighted by atomic mass is 10.1. The van der Waals surface area contributed by atoms with Gasteiger partial charge in [-0.25, -0.2) is 19.2 Å². The summed E-state index contributed by atoms with van der Waals surface area (Å²) >= 11 is 0. The lowest BCUT2D eigenvalue weighted by Crippen LogP contribution is -2.28. The first-order chi connectivity index (χ1) is 24.9. The lowest BCUT2D eigenvalue weighted by Gasteiger charge is -2.14. The van der Waals surface area contributed by atoms with Gasteiger partial charge in [0, 0.05) is 24.5 Å². The number of halogens is 4. The van der Waals surface area contributed by atoms with Gasteiger partial charge in [-0.3, -0.25) is 0 Å². The number of urea groups is 2. The zero-order valence-corrected chi connectivity index (χ0v) is 26.5. The minimum Gasteiger partial charge on any atom is -0.478 e. The van der Waals surface area contributed by atoms with E-state index in [0.717, 1.165) is 0 Å². The average Bonchev–Trinajstić information content (AvgIpc) is 3.14. The molecule has 52 heavy (non-hydrogen) atoms. The van der Waals surface area contributed by atoms with Gasteiger partial charge in [-0.15, -0.1) is 0 Å². The average molecular weight is 719 g/mol. The number of benzene rings is 5. The Balaban J connectivity index is 1.15. The summed E-state index contributed by atoms with van der Waals surface area (Å²) in [6, 6.07) is 20.4. The topological polar surface area (TPSA) is 175 Å². The third kappa shape index (κ3) is 9.12. The van der Waals surface area contributed by atoms with Gasteiger partial charge in [-0.05, 0) is 83.9 Å². The van der Waals surface area contributed by atoms with E-state index >= 15 is 0 Å². The second-order valence-corrected chi connectivity index (χ2v) is 10.8. The van der Waals surface area contributed by atoms with Crippen molar-refractivity contribution >= 4 is 35.4 Å². The molecule has 16 heteroatoms. The molecule has 0 atom stereocenters. The molecule has 266 valence electrons. The smallest absolute Gasteiger partial charge is 0.335 e. The van der Waals surface area contributed by atoms with E-state index in [0.29, 0.717) is 11.1 Å². The van der Waals surface area contributed by atoms with Crippen molar-refractivity contribution in [3.63, 3.8) is 0 Å².